The molecule has 3 heteroatoms. The van der Waals surface area contributed by atoms with Gasteiger partial charge in [0.2, 0.25) is 0 Å². The second-order valence-electron chi connectivity index (χ2n) is 5.34. The molecule has 1 aromatic carbocycles. The Morgan fingerprint density at radius 3 is 2.63 bits per heavy atom. The van der Waals surface area contributed by atoms with Crippen molar-refractivity contribution < 1.29 is 4.74 Å². The number of benzene rings is 1. The molecule has 1 aromatic rings. The summed E-state index contributed by atoms with van der Waals surface area (Å²) in [5.74, 6) is 0. The molecule has 0 aliphatic carbocycles. The van der Waals surface area contributed by atoms with E-state index in [4.69, 9.17) is 4.74 Å². The van der Waals surface area contributed by atoms with E-state index >= 15 is 0 Å². The molecule has 0 amide bonds. The predicted octanol–water partition coefficient (Wildman–Crippen LogP) is 2.62. The van der Waals surface area contributed by atoms with Crippen molar-refractivity contribution >= 4 is 5.69 Å². The minimum Gasteiger partial charge on any atom is -0.385 e. The Kier molecular flexibility index (Phi) is 5.67. The molecule has 1 atom stereocenters. The number of hydrogen-bond acceptors (Lipinski definition) is 3. The van der Waals surface area contributed by atoms with Gasteiger partial charge >= 0.3 is 0 Å². The Labute approximate surface area is 117 Å². The van der Waals surface area contributed by atoms with Gasteiger partial charge < -0.3 is 9.64 Å². The minimum atomic E-state index is 0.621. The highest BCUT2D eigenvalue weighted by Gasteiger charge is 2.18. The highest BCUT2D eigenvalue weighted by atomic mass is 16.5. The van der Waals surface area contributed by atoms with Crippen molar-refractivity contribution in [2.45, 2.75) is 25.8 Å². The maximum absolute atomic E-state index is 5.19. The third-order valence-corrected chi connectivity index (χ3v) is 4.01. The quantitative estimate of drug-likeness (QED) is 0.811. The summed E-state index contributed by atoms with van der Waals surface area (Å²) in [6.07, 6.45) is 2.37. The van der Waals surface area contributed by atoms with Gasteiger partial charge in [0.25, 0.3) is 0 Å². The Hall–Kier alpha value is -1.06. The molecule has 0 aromatic heterocycles. The number of rotatable bonds is 5. The van der Waals surface area contributed by atoms with Crippen LogP contribution in [0.5, 0.6) is 0 Å². The SMILES string of the molecule is COCCC(C)N1CCCN(c2ccccc2)CC1. The molecular formula is C16H26N2O. The van der Waals surface area contributed by atoms with Gasteiger partial charge in [0.15, 0.2) is 0 Å². The monoisotopic (exact) mass is 262 g/mol. The lowest BCUT2D eigenvalue weighted by Crippen LogP contribution is -2.37. The summed E-state index contributed by atoms with van der Waals surface area (Å²) < 4.78 is 5.19. The Balaban J connectivity index is 1.88. The van der Waals surface area contributed by atoms with E-state index in [1.54, 1.807) is 7.11 Å². The molecule has 2 rings (SSSR count). The van der Waals surface area contributed by atoms with Crippen molar-refractivity contribution in [2.75, 3.05) is 44.8 Å². The smallest absolute Gasteiger partial charge is 0.0477 e. The zero-order chi connectivity index (χ0) is 13.5. The van der Waals surface area contributed by atoms with E-state index in [1.807, 2.05) is 0 Å². The molecule has 1 saturated heterocycles. The summed E-state index contributed by atoms with van der Waals surface area (Å²) in [6.45, 7) is 7.82. The van der Waals surface area contributed by atoms with E-state index in [1.165, 1.54) is 18.7 Å². The van der Waals surface area contributed by atoms with Crippen LogP contribution in [-0.2, 0) is 4.74 Å². The standard InChI is InChI=1S/C16H26N2O/c1-15(9-14-19-2)17-10-6-11-18(13-12-17)16-7-4-3-5-8-16/h3-5,7-8,15H,6,9-14H2,1-2H3. The van der Waals surface area contributed by atoms with Crippen molar-refractivity contribution in [1.82, 2.24) is 4.90 Å². The van der Waals surface area contributed by atoms with Crippen molar-refractivity contribution in [2.24, 2.45) is 0 Å². The van der Waals surface area contributed by atoms with Crippen LogP contribution in [0.2, 0.25) is 0 Å². The van der Waals surface area contributed by atoms with Gasteiger partial charge in [-0.2, -0.15) is 0 Å². The van der Waals surface area contributed by atoms with Crippen LogP contribution in [0.1, 0.15) is 19.8 Å². The minimum absolute atomic E-state index is 0.621. The third-order valence-electron chi connectivity index (χ3n) is 4.01. The molecular weight excluding hydrogens is 236 g/mol. The van der Waals surface area contributed by atoms with Crippen LogP contribution in [0.3, 0.4) is 0 Å². The first-order chi connectivity index (χ1) is 9.31. The summed E-state index contributed by atoms with van der Waals surface area (Å²) >= 11 is 0. The maximum Gasteiger partial charge on any atom is 0.0477 e. The van der Waals surface area contributed by atoms with Crippen LogP contribution in [0.4, 0.5) is 5.69 Å². The topological polar surface area (TPSA) is 15.7 Å². The zero-order valence-corrected chi connectivity index (χ0v) is 12.2. The summed E-state index contributed by atoms with van der Waals surface area (Å²) in [7, 11) is 1.78. The number of methoxy groups -OCH3 is 1. The average molecular weight is 262 g/mol. The summed E-state index contributed by atoms with van der Waals surface area (Å²) in [6, 6.07) is 11.4. The fourth-order valence-corrected chi connectivity index (χ4v) is 2.75. The normalized spacial score (nSPS) is 19.2. The number of ether oxygens (including phenoxy) is 1. The second-order valence-corrected chi connectivity index (χ2v) is 5.34. The molecule has 106 valence electrons. The van der Waals surface area contributed by atoms with Gasteiger partial charge in [-0.1, -0.05) is 18.2 Å². The van der Waals surface area contributed by atoms with Crippen LogP contribution < -0.4 is 4.90 Å². The van der Waals surface area contributed by atoms with E-state index in [0.29, 0.717) is 6.04 Å². The van der Waals surface area contributed by atoms with E-state index in [2.05, 4.69) is 47.1 Å². The van der Waals surface area contributed by atoms with E-state index in [9.17, 15) is 0 Å². The first-order valence-corrected chi connectivity index (χ1v) is 7.34. The van der Waals surface area contributed by atoms with E-state index in [0.717, 1.165) is 32.7 Å². The van der Waals surface area contributed by atoms with Crippen LogP contribution in [0, 0.1) is 0 Å². The molecule has 0 N–H and O–H groups in total. The fraction of sp³-hybridized carbons (Fsp3) is 0.625. The average Bonchev–Trinajstić information content (AvgIpc) is 2.71. The van der Waals surface area contributed by atoms with Gasteiger partial charge in [0.05, 0.1) is 0 Å². The van der Waals surface area contributed by atoms with Gasteiger partial charge in [-0.05, 0) is 31.9 Å². The highest BCUT2D eigenvalue weighted by molar-refractivity contribution is 5.46. The molecule has 1 unspecified atom stereocenters. The Morgan fingerprint density at radius 2 is 1.89 bits per heavy atom. The number of anilines is 1. The Morgan fingerprint density at radius 1 is 1.11 bits per heavy atom. The van der Waals surface area contributed by atoms with Crippen molar-refractivity contribution in [3.05, 3.63) is 30.3 Å². The third kappa shape index (κ3) is 4.22. The zero-order valence-electron chi connectivity index (χ0n) is 12.2. The molecule has 1 aliphatic rings. The molecule has 0 spiro atoms. The van der Waals surface area contributed by atoms with Crippen LogP contribution in [-0.4, -0.2) is 50.8 Å². The van der Waals surface area contributed by atoms with Crippen molar-refractivity contribution in [3.8, 4) is 0 Å². The summed E-state index contributed by atoms with van der Waals surface area (Å²) in [4.78, 5) is 5.10. The number of nitrogens with zero attached hydrogens (tertiary/aromatic N) is 2. The maximum atomic E-state index is 5.19. The molecule has 1 aliphatic heterocycles. The van der Waals surface area contributed by atoms with Crippen LogP contribution in [0.15, 0.2) is 30.3 Å². The molecule has 3 nitrogen and oxygen atoms in total. The van der Waals surface area contributed by atoms with Gasteiger partial charge in [-0.3, -0.25) is 4.90 Å². The molecule has 0 radical (unpaired) electrons. The van der Waals surface area contributed by atoms with Crippen molar-refractivity contribution in [3.63, 3.8) is 0 Å². The predicted molar refractivity (Wildman–Crippen MR) is 80.8 cm³/mol. The first kappa shape index (κ1) is 14.4. The van der Waals surface area contributed by atoms with Crippen LogP contribution in [0.25, 0.3) is 0 Å². The first-order valence-electron chi connectivity index (χ1n) is 7.34. The lowest BCUT2D eigenvalue weighted by molar-refractivity contribution is 0.142. The largest absolute Gasteiger partial charge is 0.385 e. The number of hydrogen-bond donors (Lipinski definition) is 0. The van der Waals surface area contributed by atoms with Gasteiger partial charge in [0, 0.05) is 51.6 Å². The van der Waals surface area contributed by atoms with Crippen molar-refractivity contribution in [1.29, 1.82) is 0 Å². The summed E-state index contributed by atoms with van der Waals surface area (Å²) in [5, 5.41) is 0. The summed E-state index contributed by atoms with van der Waals surface area (Å²) in [5.41, 5.74) is 1.36. The molecule has 0 bridgehead atoms. The molecule has 1 fully saturated rings. The molecule has 1 heterocycles. The fourth-order valence-electron chi connectivity index (χ4n) is 2.75. The number of para-hydroxylation sites is 1. The lowest BCUT2D eigenvalue weighted by Gasteiger charge is -2.28. The van der Waals surface area contributed by atoms with Crippen LogP contribution >= 0.6 is 0 Å². The van der Waals surface area contributed by atoms with Gasteiger partial charge in [0.1, 0.15) is 0 Å². The highest BCUT2D eigenvalue weighted by Crippen LogP contribution is 2.17. The van der Waals surface area contributed by atoms with Gasteiger partial charge in [-0.25, -0.2) is 0 Å². The second kappa shape index (κ2) is 7.51. The van der Waals surface area contributed by atoms with E-state index < -0.39 is 0 Å². The molecule has 0 saturated carbocycles. The lowest BCUT2D eigenvalue weighted by atomic mass is 10.2. The Bertz CT molecular complexity index is 355. The van der Waals surface area contributed by atoms with E-state index in [-0.39, 0.29) is 0 Å². The molecule has 19 heavy (non-hydrogen) atoms. The van der Waals surface area contributed by atoms with Gasteiger partial charge in [-0.15, -0.1) is 0 Å².